The summed E-state index contributed by atoms with van der Waals surface area (Å²) in [4.78, 5) is 13.4. The molecule has 19 heteroatoms. The van der Waals surface area contributed by atoms with E-state index in [-0.39, 0.29) is 18.9 Å². The first-order valence-corrected chi connectivity index (χ1v) is 35.0. The molecule has 0 aromatic carbocycles. The first-order valence-electron chi connectivity index (χ1n) is 35.0. The molecule has 1 amide bonds. The summed E-state index contributed by atoms with van der Waals surface area (Å²) in [5.74, 6) is -0.287. The molecule has 3 aliphatic heterocycles. The smallest absolute Gasteiger partial charge is 0.220 e. The van der Waals surface area contributed by atoms with Crippen molar-refractivity contribution in [3.05, 3.63) is 60.8 Å². The molecular weight excluding hydrogens is 1140 g/mol. The lowest BCUT2D eigenvalue weighted by atomic mass is 9.96. The van der Waals surface area contributed by atoms with E-state index >= 15 is 0 Å². The summed E-state index contributed by atoms with van der Waals surface area (Å²) < 4.78 is 34.3. The van der Waals surface area contributed by atoms with Crippen molar-refractivity contribution in [3.8, 4) is 0 Å². The lowest BCUT2D eigenvalue weighted by molar-refractivity contribution is -0.379. The van der Waals surface area contributed by atoms with Crippen LogP contribution >= 0.6 is 0 Å². The van der Waals surface area contributed by atoms with Crippen LogP contribution in [0.2, 0.25) is 0 Å². The van der Waals surface area contributed by atoms with Crippen molar-refractivity contribution in [2.45, 2.75) is 349 Å². The maximum atomic E-state index is 13.4. The minimum absolute atomic E-state index is 0.233. The predicted octanol–water partition coefficient (Wildman–Crippen LogP) is 9.16. The Kier molecular flexibility index (Phi) is 47.0. The van der Waals surface area contributed by atoms with Gasteiger partial charge in [-0.05, 0) is 70.6 Å². The Morgan fingerprint density at radius 1 is 0.404 bits per heavy atom. The Hall–Kier alpha value is -2.51. The number of unbranched alkanes of at least 4 members (excludes halogenated alkanes) is 29. The van der Waals surface area contributed by atoms with Gasteiger partial charge in [0.15, 0.2) is 18.9 Å². The Morgan fingerprint density at radius 3 is 1.20 bits per heavy atom. The molecule has 0 spiro atoms. The lowest BCUT2D eigenvalue weighted by Gasteiger charge is -2.48. The van der Waals surface area contributed by atoms with Gasteiger partial charge in [0.2, 0.25) is 5.91 Å². The minimum Gasteiger partial charge on any atom is -0.394 e. The van der Waals surface area contributed by atoms with Gasteiger partial charge < -0.3 is 89.9 Å². The number of aliphatic hydroxyl groups is 11. The van der Waals surface area contributed by atoms with Crippen molar-refractivity contribution in [2.24, 2.45) is 0 Å². The molecule has 0 aliphatic carbocycles. The van der Waals surface area contributed by atoms with Crippen LogP contribution in [-0.2, 0) is 33.2 Å². The molecular formula is C70H125NO18. The van der Waals surface area contributed by atoms with Gasteiger partial charge in [0.05, 0.1) is 38.6 Å². The summed E-state index contributed by atoms with van der Waals surface area (Å²) in [5.41, 5.74) is 0. The van der Waals surface area contributed by atoms with Gasteiger partial charge >= 0.3 is 0 Å². The van der Waals surface area contributed by atoms with Crippen LogP contribution in [0.25, 0.3) is 0 Å². The normalized spacial score (nSPS) is 28.6. The SMILES string of the molecule is CCCCCCC/C=C\C/C=C\C/C=C\CCCCCCCCCCCCCCCCC(=O)NC(COC1OC(CO)C(OC2OC(CO)C(OC3OC(CO)C(O)C(O)C3O)C(O)C2O)C(O)C1O)C(O)/C=C/CC/C=C/CCCCCCCCCCC. The second-order valence-corrected chi connectivity index (χ2v) is 25.0. The van der Waals surface area contributed by atoms with Crippen LogP contribution in [0.4, 0.5) is 0 Å². The van der Waals surface area contributed by atoms with Gasteiger partial charge in [-0.25, -0.2) is 0 Å². The number of hydrogen-bond donors (Lipinski definition) is 12. The largest absolute Gasteiger partial charge is 0.394 e. The highest BCUT2D eigenvalue weighted by Gasteiger charge is 2.53. The average Bonchev–Trinajstić information content (AvgIpc) is 2.42. The molecule has 518 valence electrons. The zero-order chi connectivity index (χ0) is 64.7. The number of ether oxygens (including phenoxy) is 6. The Balaban J connectivity index is 1.41. The number of amides is 1. The van der Waals surface area contributed by atoms with Crippen LogP contribution in [0.5, 0.6) is 0 Å². The van der Waals surface area contributed by atoms with Gasteiger partial charge in [-0.1, -0.05) is 229 Å². The molecule has 0 saturated carbocycles. The second kappa shape index (κ2) is 51.8. The monoisotopic (exact) mass is 1270 g/mol. The van der Waals surface area contributed by atoms with E-state index in [0.717, 1.165) is 51.4 Å². The molecule has 89 heavy (non-hydrogen) atoms. The molecule has 3 rings (SSSR count). The van der Waals surface area contributed by atoms with Gasteiger partial charge in [0.25, 0.3) is 0 Å². The van der Waals surface area contributed by atoms with E-state index in [1.165, 1.54) is 161 Å². The molecule has 3 heterocycles. The van der Waals surface area contributed by atoms with E-state index in [4.69, 9.17) is 28.4 Å². The maximum Gasteiger partial charge on any atom is 0.220 e. The summed E-state index contributed by atoms with van der Waals surface area (Å²) in [6.45, 7) is 1.70. The molecule has 3 fully saturated rings. The van der Waals surface area contributed by atoms with Crippen LogP contribution in [0.3, 0.4) is 0 Å². The lowest BCUT2D eigenvalue weighted by Crippen LogP contribution is -2.66. The predicted molar refractivity (Wildman–Crippen MR) is 346 cm³/mol. The number of rotatable bonds is 53. The minimum atomic E-state index is -1.98. The highest BCUT2D eigenvalue weighted by molar-refractivity contribution is 5.76. The van der Waals surface area contributed by atoms with Gasteiger partial charge in [-0.2, -0.15) is 0 Å². The fraction of sp³-hybridized carbons (Fsp3) is 0.843. The van der Waals surface area contributed by atoms with E-state index in [2.05, 4.69) is 67.8 Å². The summed E-state index contributed by atoms with van der Waals surface area (Å²) in [5, 5.41) is 120. The van der Waals surface area contributed by atoms with Gasteiger partial charge in [0.1, 0.15) is 73.2 Å². The van der Waals surface area contributed by atoms with Crippen molar-refractivity contribution in [2.75, 3.05) is 26.4 Å². The molecule has 3 saturated heterocycles. The van der Waals surface area contributed by atoms with Crippen LogP contribution in [0.15, 0.2) is 60.8 Å². The number of carbonyl (C=O) groups excluding carboxylic acids is 1. The quantitative estimate of drug-likeness (QED) is 0.0199. The molecule has 0 aromatic rings. The molecule has 17 unspecified atom stereocenters. The van der Waals surface area contributed by atoms with Crippen molar-refractivity contribution in [1.29, 1.82) is 0 Å². The Morgan fingerprint density at radius 2 is 0.753 bits per heavy atom. The summed E-state index contributed by atoms with van der Waals surface area (Å²) >= 11 is 0. The van der Waals surface area contributed by atoms with E-state index in [0.29, 0.717) is 12.8 Å². The number of nitrogens with one attached hydrogen (secondary N) is 1. The zero-order valence-corrected chi connectivity index (χ0v) is 54.6. The van der Waals surface area contributed by atoms with E-state index in [1.807, 2.05) is 6.08 Å². The fourth-order valence-electron chi connectivity index (χ4n) is 11.6. The first-order chi connectivity index (χ1) is 43.3. The van der Waals surface area contributed by atoms with Crippen LogP contribution in [0, 0.1) is 0 Å². The van der Waals surface area contributed by atoms with Crippen LogP contribution < -0.4 is 5.32 Å². The summed E-state index contributed by atoms with van der Waals surface area (Å²) in [6, 6.07) is -0.992. The number of allylic oxidation sites excluding steroid dienone is 9. The zero-order valence-electron chi connectivity index (χ0n) is 54.6. The molecule has 0 radical (unpaired) electrons. The standard InChI is InChI=1S/C70H125NO18/c1-3-5-7-9-11-13-15-17-19-20-21-22-23-24-25-26-27-28-29-30-31-32-34-36-38-40-42-44-46-48-58(76)71-53(54(75)47-45-43-41-39-37-35-33-18-16-14-12-10-8-6-4-2)52-84-68-64(82)61(79)66(56(50-73)86-68)89-70-65(83)62(80)67(57(51-74)87-70)88-69-63(81)60(78)59(77)55(49-72)85-69/h15,17,20-21,23-24,37,39,45,47,53-57,59-70,72-75,77-83H,3-14,16,18-19,22,25-36,38,40-44,46,48-52H2,1-2H3,(H,71,76)/b17-15-,21-20-,24-23-,39-37+,47-45+. The third kappa shape index (κ3) is 33.9. The molecule has 17 atom stereocenters. The molecule has 12 N–H and O–H groups in total. The van der Waals surface area contributed by atoms with Crippen LogP contribution in [0.1, 0.15) is 245 Å². The van der Waals surface area contributed by atoms with Crippen molar-refractivity contribution < 1.29 is 89.4 Å². The highest BCUT2D eigenvalue weighted by atomic mass is 16.8. The topological polar surface area (TPSA) is 307 Å². The molecule has 19 nitrogen and oxygen atoms in total. The van der Waals surface area contributed by atoms with Gasteiger partial charge in [-0.15, -0.1) is 0 Å². The molecule has 3 aliphatic rings. The van der Waals surface area contributed by atoms with Crippen molar-refractivity contribution in [3.63, 3.8) is 0 Å². The van der Waals surface area contributed by atoms with E-state index < -0.39 is 124 Å². The number of hydrogen-bond acceptors (Lipinski definition) is 18. The van der Waals surface area contributed by atoms with Gasteiger partial charge in [0, 0.05) is 6.42 Å². The fourth-order valence-corrected chi connectivity index (χ4v) is 11.6. The molecule has 0 bridgehead atoms. The first kappa shape index (κ1) is 80.7. The summed E-state index contributed by atoms with van der Waals surface area (Å²) in [6.07, 6.45) is 36.3. The third-order valence-electron chi connectivity index (χ3n) is 17.3. The summed E-state index contributed by atoms with van der Waals surface area (Å²) in [7, 11) is 0. The van der Waals surface area contributed by atoms with E-state index in [1.54, 1.807) is 6.08 Å². The van der Waals surface area contributed by atoms with E-state index in [9.17, 15) is 61.0 Å². The Bertz CT molecular complexity index is 1850. The van der Waals surface area contributed by atoms with Crippen molar-refractivity contribution >= 4 is 5.91 Å². The average molecular weight is 1270 g/mol. The second-order valence-electron chi connectivity index (χ2n) is 25.0. The van der Waals surface area contributed by atoms with Crippen molar-refractivity contribution in [1.82, 2.24) is 5.32 Å². The highest BCUT2D eigenvalue weighted by Crippen LogP contribution is 2.33. The molecule has 0 aromatic heterocycles. The van der Waals surface area contributed by atoms with Gasteiger partial charge in [-0.3, -0.25) is 4.79 Å². The number of carbonyl (C=O) groups is 1. The Labute approximate surface area is 535 Å². The maximum absolute atomic E-state index is 13.4. The van der Waals surface area contributed by atoms with Crippen LogP contribution in [-0.4, -0.2) is 193 Å². The number of aliphatic hydroxyl groups excluding tert-OH is 11. The third-order valence-corrected chi connectivity index (χ3v) is 17.3.